The summed E-state index contributed by atoms with van der Waals surface area (Å²) in [6.45, 7) is 10.8. The maximum absolute atomic E-state index is 6.04. The zero-order chi connectivity index (χ0) is 16.4. The molecule has 1 atom stereocenters. The number of aryl methyl sites for hydroxylation is 4. The Morgan fingerprint density at radius 2 is 2.00 bits per heavy atom. The average molecular weight is 311 g/mol. The third kappa shape index (κ3) is 3.53. The summed E-state index contributed by atoms with van der Waals surface area (Å²) in [5.74, 6) is 1.86. The minimum absolute atomic E-state index is 0.102. The lowest BCUT2D eigenvalue weighted by Gasteiger charge is -2.34. The van der Waals surface area contributed by atoms with Crippen LogP contribution in [0.2, 0.25) is 0 Å². The predicted molar refractivity (Wildman–Crippen MR) is 93.0 cm³/mol. The topological polar surface area (TPSA) is 38.2 Å². The Morgan fingerprint density at radius 3 is 2.74 bits per heavy atom. The Kier molecular flexibility index (Phi) is 4.62. The molecule has 1 aromatic heterocycles. The number of nitrogens with zero attached hydrogens (tertiary/aromatic N) is 3. The third-order valence-corrected chi connectivity index (χ3v) is 4.40. The van der Waals surface area contributed by atoms with Gasteiger partial charge in [0.2, 0.25) is 0 Å². The van der Waals surface area contributed by atoms with Gasteiger partial charge < -0.3 is 9.64 Å². The van der Waals surface area contributed by atoms with E-state index in [0.29, 0.717) is 0 Å². The highest BCUT2D eigenvalue weighted by Crippen LogP contribution is 2.28. The van der Waals surface area contributed by atoms with Gasteiger partial charge in [0, 0.05) is 24.8 Å². The maximum atomic E-state index is 6.04. The molecule has 122 valence electrons. The second-order valence-corrected chi connectivity index (χ2v) is 6.28. The van der Waals surface area contributed by atoms with Crippen molar-refractivity contribution in [2.75, 3.05) is 24.6 Å². The highest BCUT2D eigenvalue weighted by atomic mass is 16.5. The van der Waals surface area contributed by atoms with Gasteiger partial charge in [-0.2, -0.15) is 0 Å². The molecule has 1 aromatic carbocycles. The van der Waals surface area contributed by atoms with Crippen molar-refractivity contribution in [3.63, 3.8) is 0 Å². The lowest BCUT2D eigenvalue weighted by molar-refractivity contribution is 0.0391. The van der Waals surface area contributed by atoms with E-state index in [0.717, 1.165) is 43.5 Å². The largest absolute Gasteiger partial charge is 0.370 e. The molecular weight excluding hydrogens is 286 g/mol. The number of hydrogen-bond acceptors (Lipinski definition) is 4. The van der Waals surface area contributed by atoms with Crippen molar-refractivity contribution < 1.29 is 4.74 Å². The van der Waals surface area contributed by atoms with E-state index < -0.39 is 0 Å². The number of hydrogen-bond donors (Lipinski definition) is 0. The van der Waals surface area contributed by atoms with Gasteiger partial charge in [0.05, 0.1) is 6.61 Å². The predicted octanol–water partition coefficient (Wildman–Crippen LogP) is 3.54. The molecule has 2 aromatic rings. The van der Waals surface area contributed by atoms with Gasteiger partial charge in [-0.05, 0) is 38.3 Å². The first-order valence-corrected chi connectivity index (χ1v) is 8.35. The Morgan fingerprint density at radius 1 is 1.17 bits per heavy atom. The Balaban J connectivity index is 1.84. The first kappa shape index (κ1) is 15.9. The Bertz CT molecular complexity index is 699. The van der Waals surface area contributed by atoms with Gasteiger partial charge in [0.25, 0.3) is 0 Å². The molecule has 1 unspecified atom stereocenters. The molecule has 1 saturated heterocycles. The molecule has 0 aliphatic carbocycles. The van der Waals surface area contributed by atoms with E-state index in [1.165, 1.54) is 16.7 Å². The van der Waals surface area contributed by atoms with Crippen LogP contribution in [0.15, 0.2) is 24.3 Å². The quantitative estimate of drug-likeness (QED) is 0.869. The van der Waals surface area contributed by atoms with Crippen molar-refractivity contribution in [3.8, 4) is 0 Å². The number of ether oxygens (including phenoxy) is 1. The molecule has 23 heavy (non-hydrogen) atoms. The molecular formula is C19H25N3O. The van der Waals surface area contributed by atoms with Crippen LogP contribution in [0, 0.1) is 20.8 Å². The van der Waals surface area contributed by atoms with Crippen molar-refractivity contribution in [3.05, 3.63) is 52.5 Å². The van der Waals surface area contributed by atoms with Crippen molar-refractivity contribution in [2.45, 2.75) is 40.2 Å². The number of morpholine rings is 1. The number of anilines is 1. The SMILES string of the molecule is CCc1cc(N2CCOC(c3ccc(C)cc3C)C2)nc(C)n1. The van der Waals surface area contributed by atoms with Crippen molar-refractivity contribution in [1.29, 1.82) is 0 Å². The van der Waals surface area contributed by atoms with Gasteiger partial charge in [0.1, 0.15) is 17.7 Å². The van der Waals surface area contributed by atoms with Crippen molar-refractivity contribution in [1.82, 2.24) is 9.97 Å². The molecule has 1 aliphatic heterocycles. The normalized spacial score (nSPS) is 18.3. The van der Waals surface area contributed by atoms with Crippen LogP contribution in [0.25, 0.3) is 0 Å². The van der Waals surface area contributed by atoms with Gasteiger partial charge in [-0.1, -0.05) is 30.7 Å². The highest BCUT2D eigenvalue weighted by molar-refractivity contribution is 5.42. The van der Waals surface area contributed by atoms with E-state index in [4.69, 9.17) is 4.74 Å². The smallest absolute Gasteiger partial charge is 0.132 e. The van der Waals surface area contributed by atoms with Crippen LogP contribution in [-0.2, 0) is 11.2 Å². The Hall–Kier alpha value is -1.94. The van der Waals surface area contributed by atoms with Crippen LogP contribution < -0.4 is 4.90 Å². The van der Waals surface area contributed by atoms with Crippen molar-refractivity contribution >= 4 is 5.82 Å². The molecule has 2 heterocycles. The van der Waals surface area contributed by atoms with Crippen LogP contribution >= 0.6 is 0 Å². The molecule has 0 spiro atoms. The summed E-state index contributed by atoms with van der Waals surface area (Å²) < 4.78 is 6.04. The van der Waals surface area contributed by atoms with Gasteiger partial charge in [0.15, 0.2) is 0 Å². The number of aromatic nitrogens is 2. The number of benzene rings is 1. The molecule has 0 saturated carbocycles. The summed E-state index contributed by atoms with van der Waals surface area (Å²) in [5, 5.41) is 0. The summed E-state index contributed by atoms with van der Waals surface area (Å²) in [5.41, 5.74) is 4.96. The summed E-state index contributed by atoms with van der Waals surface area (Å²) >= 11 is 0. The van der Waals surface area contributed by atoms with Gasteiger partial charge in [-0.25, -0.2) is 9.97 Å². The molecule has 0 N–H and O–H groups in total. The van der Waals surface area contributed by atoms with Crippen LogP contribution in [0.5, 0.6) is 0 Å². The molecule has 0 amide bonds. The summed E-state index contributed by atoms with van der Waals surface area (Å²) in [6, 6.07) is 8.69. The fourth-order valence-corrected chi connectivity index (χ4v) is 3.19. The second-order valence-electron chi connectivity index (χ2n) is 6.28. The van der Waals surface area contributed by atoms with E-state index >= 15 is 0 Å². The van der Waals surface area contributed by atoms with E-state index in [9.17, 15) is 0 Å². The first-order valence-electron chi connectivity index (χ1n) is 8.35. The summed E-state index contributed by atoms with van der Waals surface area (Å²) in [6.07, 6.45) is 1.03. The van der Waals surface area contributed by atoms with E-state index in [1.807, 2.05) is 6.92 Å². The lowest BCUT2D eigenvalue weighted by Crippen LogP contribution is -2.39. The zero-order valence-corrected chi connectivity index (χ0v) is 14.5. The molecule has 1 aliphatic rings. The summed E-state index contributed by atoms with van der Waals surface area (Å²) in [4.78, 5) is 11.4. The Labute approximate surface area is 138 Å². The molecule has 0 radical (unpaired) electrons. The average Bonchev–Trinajstić information content (AvgIpc) is 2.54. The van der Waals surface area contributed by atoms with Crippen LogP contribution in [0.1, 0.15) is 41.2 Å². The maximum Gasteiger partial charge on any atom is 0.132 e. The van der Waals surface area contributed by atoms with Gasteiger partial charge in [-0.15, -0.1) is 0 Å². The zero-order valence-electron chi connectivity index (χ0n) is 14.5. The molecule has 4 heteroatoms. The fraction of sp³-hybridized carbons (Fsp3) is 0.474. The van der Waals surface area contributed by atoms with E-state index in [1.54, 1.807) is 0 Å². The standard InChI is InChI=1S/C19H25N3O/c1-5-16-11-19(21-15(4)20-16)22-8-9-23-18(12-22)17-7-6-13(2)10-14(17)3/h6-7,10-11,18H,5,8-9,12H2,1-4H3. The molecule has 1 fully saturated rings. The third-order valence-electron chi connectivity index (χ3n) is 4.40. The lowest BCUT2D eigenvalue weighted by atomic mass is 10.00. The minimum Gasteiger partial charge on any atom is -0.370 e. The minimum atomic E-state index is 0.102. The second kappa shape index (κ2) is 6.67. The first-order chi connectivity index (χ1) is 11.1. The highest BCUT2D eigenvalue weighted by Gasteiger charge is 2.24. The molecule has 4 nitrogen and oxygen atoms in total. The van der Waals surface area contributed by atoms with Gasteiger partial charge in [-0.3, -0.25) is 0 Å². The fourth-order valence-electron chi connectivity index (χ4n) is 3.19. The van der Waals surface area contributed by atoms with Crippen LogP contribution in [0.3, 0.4) is 0 Å². The van der Waals surface area contributed by atoms with Crippen LogP contribution in [0.4, 0.5) is 5.82 Å². The van der Waals surface area contributed by atoms with E-state index in [2.05, 4.69) is 59.9 Å². The van der Waals surface area contributed by atoms with Gasteiger partial charge >= 0.3 is 0 Å². The van der Waals surface area contributed by atoms with Crippen LogP contribution in [-0.4, -0.2) is 29.7 Å². The molecule has 3 rings (SSSR count). The van der Waals surface area contributed by atoms with Crippen molar-refractivity contribution in [2.24, 2.45) is 0 Å². The molecule has 0 bridgehead atoms. The van der Waals surface area contributed by atoms with E-state index in [-0.39, 0.29) is 6.10 Å². The summed E-state index contributed by atoms with van der Waals surface area (Å²) in [7, 11) is 0. The number of rotatable bonds is 3. The monoisotopic (exact) mass is 311 g/mol.